The van der Waals surface area contributed by atoms with Gasteiger partial charge in [-0.2, -0.15) is 4.39 Å². The highest BCUT2D eigenvalue weighted by Gasteiger charge is 2.25. The summed E-state index contributed by atoms with van der Waals surface area (Å²) >= 11 is 0. The van der Waals surface area contributed by atoms with Crippen molar-refractivity contribution < 1.29 is 14.4 Å². The van der Waals surface area contributed by atoms with Crippen molar-refractivity contribution in [3.63, 3.8) is 0 Å². The molecular weight excluding hydrogens is 217 g/mol. The maximum atomic E-state index is 13.3. The quantitative estimate of drug-likeness (QED) is 0.479. The van der Waals surface area contributed by atoms with E-state index < -0.39 is 24.5 Å². The van der Waals surface area contributed by atoms with Crippen LogP contribution in [0.5, 0.6) is 5.75 Å². The van der Waals surface area contributed by atoms with Gasteiger partial charge in [-0.3, -0.25) is 10.1 Å². The molecule has 0 bridgehead atoms. The Morgan fingerprint density at radius 2 is 1.93 bits per heavy atom. The minimum atomic E-state index is -1.88. The number of halogens is 1. The van der Waals surface area contributed by atoms with Gasteiger partial charge in [-0.25, -0.2) is 0 Å². The summed E-state index contributed by atoms with van der Waals surface area (Å²) in [7, 11) is -1.88. The number of nitrogens with zero attached hydrogens (tertiary/aromatic N) is 1. The van der Waals surface area contributed by atoms with Gasteiger partial charge in [0.2, 0.25) is 5.82 Å². The van der Waals surface area contributed by atoms with E-state index in [-0.39, 0.29) is 5.75 Å². The number of benzene rings is 1. The van der Waals surface area contributed by atoms with E-state index in [4.69, 9.17) is 0 Å². The van der Waals surface area contributed by atoms with E-state index in [1.807, 2.05) is 19.6 Å². The highest BCUT2D eigenvalue weighted by molar-refractivity contribution is 6.89. The van der Waals surface area contributed by atoms with Crippen molar-refractivity contribution in [2.45, 2.75) is 19.6 Å². The highest BCUT2D eigenvalue weighted by atomic mass is 28.3. The fourth-order valence-corrected chi connectivity index (χ4v) is 2.69. The molecule has 1 N–H and O–H groups in total. The molecule has 82 valence electrons. The van der Waals surface area contributed by atoms with Crippen LogP contribution in [0, 0.1) is 15.9 Å². The topological polar surface area (TPSA) is 63.4 Å². The van der Waals surface area contributed by atoms with Crippen LogP contribution in [-0.4, -0.2) is 18.1 Å². The molecule has 0 aliphatic rings. The Balaban J connectivity index is 3.39. The lowest BCUT2D eigenvalue weighted by Gasteiger charge is -2.17. The van der Waals surface area contributed by atoms with E-state index in [0.29, 0.717) is 5.19 Å². The predicted molar refractivity (Wildman–Crippen MR) is 57.7 cm³/mol. The van der Waals surface area contributed by atoms with Crippen LogP contribution in [0.4, 0.5) is 10.1 Å². The Hall–Kier alpha value is -1.43. The molecule has 1 aromatic rings. The van der Waals surface area contributed by atoms with Crippen molar-refractivity contribution in [2.75, 3.05) is 0 Å². The van der Waals surface area contributed by atoms with E-state index in [1.165, 1.54) is 0 Å². The normalized spacial score (nSPS) is 11.5. The summed E-state index contributed by atoms with van der Waals surface area (Å²) in [6.45, 7) is 5.77. The van der Waals surface area contributed by atoms with E-state index >= 15 is 0 Å². The summed E-state index contributed by atoms with van der Waals surface area (Å²) in [6, 6.07) is 1.95. The fraction of sp³-hybridized carbons (Fsp3) is 0.333. The number of hydrogen-bond donors (Lipinski definition) is 1. The van der Waals surface area contributed by atoms with Crippen molar-refractivity contribution in [3.05, 3.63) is 28.1 Å². The minimum absolute atomic E-state index is 0.192. The van der Waals surface area contributed by atoms with Gasteiger partial charge in [-0.05, 0) is 11.3 Å². The lowest BCUT2D eigenvalue weighted by molar-refractivity contribution is -0.387. The van der Waals surface area contributed by atoms with Crippen LogP contribution in [0.25, 0.3) is 0 Å². The standard InChI is InChI=1S/C9H12FNO3Si/c1-15(2,3)9-4-6(10)7(11(13)14)5-8(9)12/h4-5,12H,1-3H3. The Labute approximate surface area is 87.5 Å². The van der Waals surface area contributed by atoms with Crippen molar-refractivity contribution in [2.24, 2.45) is 0 Å². The molecule has 1 aromatic carbocycles. The molecule has 0 saturated heterocycles. The zero-order valence-corrected chi connectivity index (χ0v) is 9.74. The van der Waals surface area contributed by atoms with Crippen LogP contribution in [0.2, 0.25) is 19.6 Å². The van der Waals surface area contributed by atoms with Gasteiger partial charge in [-0.1, -0.05) is 19.6 Å². The Morgan fingerprint density at radius 3 is 2.33 bits per heavy atom. The average molecular weight is 229 g/mol. The number of rotatable bonds is 2. The molecule has 0 fully saturated rings. The number of phenolic OH excluding ortho intramolecular Hbond substituents is 1. The van der Waals surface area contributed by atoms with Crippen molar-refractivity contribution >= 4 is 18.9 Å². The van der Waals surface area contributed by atoms with Gasteiger partial charge in [0.1, 0.15) is 5.75 Å². The lowest BCUT2D eigenvalue weighted by atomic mass is 10.3. The zero-order valence-electron chi connectivity index (χ0n) is 8.74. The summed E-state index contributed by atoms with van der Waals surface area (Å²) in [5.74, 6) is -1.09. The Morgan fingerprint density at radius 1 is 1.40 bits per heavy atom. The van der Waals surface area contributed by atoms with Crippen molar-refractivity contribution in [3.8, 4) is 5.75 Å². The van der Waals surface area contributed by atoms with Gasteiger partial charge in [-0.15, -0.1) is 0 Å². The monoisotopic (exact) mass is 229 g/mol. The molecule has 0 heterocycles. The summed E-state index contributed by atoms with van der Waals surface area (Å²) in [6.07, 6.45) is 0. The number of phenols is 1. The molecular formula is C9H12FNO3Si. The molecule has 0 spiro atoms. The third-order valence-corrected chi connectivity index (χ3v) is 4.09. The van der Waals surface area contributed by atoms with Crippen LogP contribution >= 0.6 is 0 Å². The van der Waals surface area contributed by atoms with Crippen molar-refractivity contribution in [1.29, 1.82) is 0 Å². The Kier molecular flexibility index (Phi) is 2.81. The molecule has 1 rings (SSSR count). The predicted octanol–water partition coefficient (Wildman–Crippen LogP) is 1.98. The molecule has 0 atom stereocenters. The van der Waals surface area contributed by atoms with Gasteiger partial charge in [0, 0.05) is 0 Å². The van der Waals surface area contributed by atoms with Gasteiger partial charge < -0.3 is 5.11 Å². The first-order valence-corrected chi connectivity index (χ1v) is 7.91. The smallest absolute Gasteiger partial charge is 0.308 e. The van der Waals surface area contributed by atoms with E-state index in [0.717, 1.165) is 12.1 Å². The third kappa shape index (κ3) is 2.32. The molecule has 0 aliphatic heterocycles. The van der Waals surface area contributed by atoms with E-state index in [1.54, 1.807) is 0 Å². The van der Waals surface area contributed by atoms with Crippen LogP contribution < -0.4 is 5.19 Å². The second-order valence-corrected chi connectivity index (χ2v) is 9.37. The van der Waals surface area contributed by atoms with E-state index in [2.05, 4.69) is 0 Å². The van der Waals surface area contributed by atoms with Gasteiger partial charge in [0.05, 0.1) is 19.1 Å². The third-order valence-electron chi connectivity index (χ3n) is 2.07. The minimum Gasteiger partial charge on any atom is -0.508 e. The first-order valence-electron chi connectivity index (χ1n) is 4.41. The molecule has 0 aliphatic carbocycles. The molecule has 0 radical (unpaired) electrons. The summed E-state index contributed by atoms with van der Waals surface area (Å²) in [5.41, 5.74) is -0.686. The number of hydrogen-bond acceptors (Lipinski definition) is 3. The van der Waals surface area contributed by atoms with E-state index in [9.17, 15) is 19.6 Å². The van der Waals surface area contributed by atoms with Gasteiger partial charge in [0.25, 0.3) is 0 Å². The van der Waals surface area contributed by atoms with Gasteiger partial charge >= 0.3 is 5.69 Å². The summed E-state index contributed by atoms with van der Waals surface area (Å²) in [5, 5.41) is 20.5. The first-order chi connectivity index (χ1) is 6.73. The molecule has 0 aromatic heterocycles. The van der Waals surface area contributed by atoms with Crippen LogP contribution in [0.3, 0.4) is 0 Å². The maximum absolute atomic E-state index is 13.3. The molecule has 6 heteroatoms. The molecule has 0 amide bonds. The largest absolute Gasteiger partial charge is 0.508 e. The zero-order chi connectivity index (χ0) is 11.8. The number of nitro groups is 1. The maximum Gasteiger partial charge on any atom is 0.308 e. The summed E-state index contributed by atoms with van der Waals surface area (Å²) in [4.78, 5) is 9.56. The number of nitro benzene ring substituents is 1. The second-order valence-electron chi connectivity index (χ2n) is 4.33. The number of aromatic hydroxyl groups is 1. The molecule has 15 heavy (non-hydrogen) atoms. The fourth-order valence-electron chi connectivity index (χ4n) is 1.29. The SMILES string of the molecule is C[Si](C)(C)c1cc(F)c([N+](=O)[O-])cc1O. The molecule has 4 nitrogen and oxygen atoms in total. The molecule has 0 unspecified atom stereocenters. The van der Waals surface area contributed by atoms with Gasteiger partial charge in [0.15, 0.2) is 0 Å². The first kappa shape index (κ1) is 11.6. The lowest BCUT2D eigenvalue weighted by Crippen LogP contribution is -2.38. The molecule has 0 saturated carbocycles. The van der Waals surface area contributed by atoms with Crippen LogP contribution in [-0.2, 0) is 0 Å². The summed E-state index contributed by atoms with van der Waals surface area (Å²) < 4.78 is 13.3. The van der Waals surface area contributed by atoms with Crippen LogP contribution in [0.1, 0.15) is 0 Å². The van der Waals surface area contributed by atoms with Crippen molar-refractivity contribution in [1.82, 2.24) is 0 Å². The Bertz CT molecular complexity index is 415. The highest BCUT2D eigenvalue weighted by Crippen LogP contribution is 2.23. The van der Waals surface area contributed by atoms with Crippen LogP contribution in [0.15, 0.2) is 12.1 Å². The second kappa shape index (κ2) is 3.61. The average Bonchev–Trinajstić information content (AvgIpc) is 2.06.